The highest BCUT2D eigenvalue weighted by Crippen LogP contribution is 2.28. The van der Waals surface area contributed by atoms with Crippen LogP contribution in [0, 0.1) is 6.92 Å². The molecule has 0 fully saturated rings. The fraction of sp³-hybridized carbons (Fsp3) is 0.0909. The van der Waals surface area contributed by atoms with Crippen LogP contribution in [0.15, 0.2) is 30.3 Å². The van der Waals surface area contributed by atoms with Gasteiger partial charge in [-0.3, -0.25) is 0 Å². The SMILES string of the molecule is Cc1ccc2cc(N)cc(O)c2c1. The van der Waals surface area contributed by atoms with Crippen molar-refractivity contribution in [1.29, 1.82) is 0 Å². The molecule has 2 aromatic rings. The van der Waals surface area contributed by atoms with Crippen molar-refractivity contribution in [3.05, 3.63) is 35.9 Å². The summed E-state index contributed by atoms with van der Waals surface area (Å²) in [5, 5.41) is 11.4. The predicted octanol–water partition coefficient (Wildman–Crippen LogP) is 2.44. The lowest BCUT2D eigenvalue weighted by molar-refractivity contribution is 0.482. The van der Waals surface area contributed by atoms with Gasteiger partial charge >= 0.3 is 0 Å². The minimum atomic E-state index is 0.249. The lowest BCUT2D eigenvalue weighted by atomic mass is 10.1. The molecule has 0 saturated heterocycles. The summed E-state index contributed by atoms with van der Waals surface area (Å²) in [6.07, 6.45) is 0. The summed E-state index contributed by atoms with van der Waals surface area (Å²) in [4.78, 5) is 0. The molecule has 0 radical (unpaired) electrons. The van der Waals surface area contributed by atoms with Crippen LogP contribution in [-0.4, -0.2) is 5.11 Å². The first-order chi connectivity index (χ1) is 6.16. The average Bonchev–Trinajstić information content (AvgIpc) is 2.06. The van der Waals surface area contributed by atoms with Gasteiger partial charge < -0.3 is 10.8 Å². The maximum Gasteiger partial charge on any atom is 0.125 e. The second-order valence-electron chi connectivity index (χ2n) is 3.26. The van der Waals surface area contributed by atoms with E-state index in [-0.39, 0.29) is 5.75 Å². The number of nitrogen functional groups attached to an aromatic ring is 1. The van der Waals surface area contributed by atoms with Crippen molar-refractivity contribution in [1.82, 2.24) is 0 Å². The van der Waals surface area contributed by atoms with Gasteiger partial charge in [-0.25, -0.2) is 0 Å². The van der Waals surface area contributed by atoms with Crippen molar-refractivity contribution in [2.75, 3.05) is 5.73 Å². The predicted molar refractivity (Wildman–Crippen MR) is 54.8 cm³/mol. The van der Waals surface area contributed by atoms with Crippen LogP contribution in [0.25, 0.3) is 10.8 Å². The van der Waals surface area contributed by atoms with Crippen LogP contribution in [0.2, 0.25) is 0 Å². The number of fused-ring (bicyclic) bond motifs is 1. The van der Waals surface area contributed by atoms with Crippen LogP contribution < -0.4 is 5.73 Å². The third-order valence-electron chi connectivity index (χ3n) is 2.11. The highest BCUT2D eigenvalue weighted by Gasteiger charge is 2.00. The molecule has 0 saturated carbocycles. The van der Waals surface area contributed by atoms with Crippen LogP contribution >= 0.6 is 0 Å². The quantitative estimate of drug-likeness (QED) is 0.601. The van der Waals surface area contributed by atoms with Crippen molar-refractivity contribution >= 4 is 16.5 Å². The molecule has 2 rings (SSSR count). The Morgan fingerprint density at radius 2 is 1.92 bits per heavy atom. The second kappa shape index (κ2) is 2.66. The van der Waals surface area contributed by atoms with Gasteiger partial charge in [-0.15, -0.1) is 0 Å². The molecule has 0 spiro atoms. The number of hydrogen-bond donors (Lipinski definition) is 2. The monoisotopic (exact) mass is 173 g/mol. The molecule has 0 aliphatic rings. The van der Waals surface area contributed by atoms with Gasteiger partial charge in [0.1, 0.15) is 5.75 Å². The number of phenolic OH excluding ortho intramolecular Hbond substituents is 1. The molecule has 0 aliphatic carbocycles. The highest BCUT2D eigenvalue weighted by atomic mass is 16.3. The van der Waals surface area contributed by atoms with Crippen LogP contribution in [0.4, 0.5) is 5.69 Å². The van der Waals surface area contributed by atoms with E-state index >= 15 is 0 Å². The maximum absolute atomic E-state index is 9.60. The largest absolute Gasteiger partial charge is 0.507 e. The van der Waals surface area contributed by atoms with Gasteiger partial charge in [0.2, 0.25) is 0 Å². The summed E-state index contributed by atoms with van der Waals surface area (Å²) in [7, 11) is 0. The molecule has 3 N–H and O–H groups in total. The van der Waals surface area contributed by atoms with E-state index in [0.29, 0.717) is 5.69 Å². The molecule has 0 amide bonds. The topological polar surface area (TPSA) is 46.2 Å². The number of aromatic hydroxyl groups is 1. The van der Waals surface area contributed by atoms with Gasteiger partial charge in [0.05, 0.1) is 0 Å². The number of nitrogens with two attached hydrogens (primary N) is 1. The molecular weight excluding hydrogens is 162 g/mol. The number of hydrogen-bond acceptors (Lipinski definition) is 2. The zero-order chi connectivity index (χ0) is 9.42. The molecular formula is C11H11NO. The normalized spacial score (nSPS) is 10.5. The van der Waals surface area contributed by atoms with Gasteiger partial charge in [0.15, 0.2) is 0 Å². The first-order valence-corrected chi connectivity index (χ1v) is 4.16. The van der Waals surface area contributed by atoms with E-state index in [1.807, 2.05) is 31.2 Å². The molecule has 0 atom stereocenters. The molecule has 0 aromatic heterocycles. The Morgan fingerprint density at radius 1 is 1.15 bits per heavy atom. The smallest absolute Gasteiger partial charge is 0.125 e. The minimum Gasteiger partial charge on any atom is -0.507 e. The van der Waals surface area contributed by atoms with Crippen LogP contribution in [-0.2, 0) is 0 Å². The maximum atomic E-state index is 9.60. The lowest BCUT2D eigenvalue weighted by Crippen LogP contribution is -1.85. The lowest BCUT2D eigenvalue weighted by Gasteiger charge is -2.03. The molecule has 0 unspecified atom stereocenters. The van der Waals surface area contributed by atoms with E-state index in [9.17, 15) is 5.11 Å². The van der Waals surface area contributed by atoms with Gasteiger partial charge in [-0.1, -0.05) is 17.7 Å². The zero-order valence-corrected chi connectivity index (χ0v) is 7.41. The number of rotatable bonds is 0. The van der Waals surface area contributed by atoms with Crippen LogP contribution in [0.1, 0.15) is 5.56 Å². The van der Waals surface area contributed by atoms with Crippen molar-refractivity contribution < 1.29 is 5.11 Å². The number of benzene rings is 2. The summed E-state index contributed by atoms with van der Waals surface area (Å²) in [6, 6.07) is 9.34. The molecule has 66 valence electrons. The average molecular weight is 173 g/mol. The van der Waals surface area contributed by atoms with Gasteiger partial charge in [0, 0.05) is 17.1 Å². The summed E-state index contributed by atoms with van der Waals surface area (Å²) >= 11 is 0. The number of phenols is 1. The molecule has 13 heavy (non-hydrogen) atoms. The Hall–Kier alpha value is -1.70. The zero-order valence-electron chi connectivity index (χ0n) is 7.41. The Balaban J connectivity index is 2.87. The van der Waals surface area contributed by atoms with Gasteiger partial charge in [-0.2, -0.15) is 0 Å². The van der Waals surface area contributed by atoms with E-state index in [1.54, 1.807) is 6.07 Å². The molecule has 0 bridgehead atoms. The molecule has 0 heterocycles. The van der Waals surface area contributed by atoms with Crippen molar-refractivity contribution in [3.8, 4) is 5.75 Å². The van der Waals surface area contributed by atoms with Crippen molar-refractivity contribution in [2.24, 2.45) is 0 Å². The number of anilines is 1. The van der Waals surface area contributed by atoms with Gasteiger partial charge in [0.25, 0.3) is 0 Å². The Morgan fingerprint density at radius 3 is 2.69 bits per heavy atom. The molecule has 2 heteroatoms. The van der Waals surface area contributed by atoms with Crippen LogP contribution in [0.3, 0.4) is 0 Å². The Labute approximate surface area is 76.6 Å². The number of aryl methyl sites for hydroxylation is 1. The summed E-state index contributed by atoms with van der Waals surface area (Å²) in [5.41, 5.74) is 7.33. The van der Waals surface area contributed by atoms with Gasteiger partial charge in [-0.05, 0) is 24.4 Å². The highest BCUT2D eigenvalue weighted by molar-refractivity contribution is 5.91. The van der Waals surface area contributed by atoms with Crippen molar-refractivity contribution in [2.45, 2.75) is 6.92 Å². The Kier molecular flexibility index (Phi) is 1.62. The Bertz CT molecular complexity index is 463. The van der Waals surface area contributed by atoms with E-state index in [2.05, 4.69) is 0 Å². The fourth-order valence-corrected chi connectivity index (χ4v) is 1.47. The van der Waals surface area contributed by atoms with Crippen LogP contribution in [0.5, 0.6) is 5.75 Å². The molecule has 0 aliphatic heterocycles. The van der Waals surface area contributed by atoms with E-state index in [0.717, 1.165) is 16.3 Å². The standard InChI is InChI=1S/C11H11NO/c1-7-2-3-8-5-9(12)6-11(13)10(8)4-7/h2-6,13H,12H2,1H3. The first kappa shape index (κ1) is 7.92. The van der Waals surface area contributed by atoms with Crippen molar-refractivity contribution in [3.63, 3.8) is 0 Å². The third-order valence-corrected chi connectivity index (χ3v) is 2.11. The van der Waals surface area contributed by atoms with E-state index in [4.69, 9.17) is 5.73 Å². The fourth-order valence-electron chi connectivity index (χ4n) is 1.47. The van der Waals surface area contributed by atoms with E-state index < -0.39 is 0 Å². The summed E-state index contributed by atoms with van der Waals surface area (Å²) in [6.45, 7) is 2.00. The summed E-state index contributed by atoms with van der Waals surface area (Å²) < 4.78 is 0. The minimum absolute atomic E-state index is 0.249. The third kappa shape index (κ3) is 1.31. The molecule has 2 aromatic carbocycles. The molecule has 2 nitrogen and oxygen atoms in total. The summed E-state index contributed by atoms with van der Waals surface area (Å²) in [5.74, 6) is 0.249. The second-order valence-corrected chi connectivity index (χ2v) is 3.26. The van der Waals surface area contributed by atoms with E-state index in [1.165, 1.54) is 0 Å². The first-order valence-electron chi connectivity index (χ1n) is 4.16.